The van der Waals surface area contributed by atoms with Gasteiger partial charge >= 0.3 is 0 Å². The maximum absolute atomic E-state index is 7.24. The average molecular weight is 427 g/mol. The van der Waals surface area contributed by atoms with Gasteiger partial charge in [-0.2, -0.15) is 0 Å². The lowest BCUT2D eigenvalue weighted by Gasteiger charge is -2.45. The molecule has 0 radical (unpaired) electrons. The van der Waals surface area contributed by atoms with Crippen molar-refractivity contribution in [2.45, 2.75) is 63.6 Å². The molecule has 0 spiro atoms. The fourth-order valence-corrected chi connectivity index (χ4v) is 9.53. The van der Waals surface area contributed by atoms with Crippen molar-refractivity contribution in [3.8, 4) is 0 Å². The van der Waals surface area contributed by atoms with E-state index in [4.69, 9.17) is 18.6 Å². The fourth-order valence-electron chi connectivity index (χ4n) is 4.86. The Balaban J connectivity index is 1.70. The summed E-state index contributed by atoms with van der Waals surface area (Å²) in [5, 5.41) is 2.50. The van der Waals surface area contributed by atoms with Gasteiger partial charge in [-0.25, -0.2) is 0 Å². The predicted molar refractivity (Wildman–Crippen MR) is 122 cm³/mol. The van der Waals surface area contributed by atoms with Crippen LogP contribution >= 0.6 is 0 Å². The van der Waals surface area contributed by atoms with Crippen LogP contribution in [0.5, 0.6) is 0 Å². The molecule has 2 aromatic carbocycles. The largest absolute Gasteiger partial charge is 0.399 e. The molecule has 2 fully saturated rings. The third-order valence-electron chi connectivity index (χ3n) is 6.24. The summed E-state index contributed by atoms with van der Waals surface area (Å²) in [6.45, 7) is 10.9. The van der Waals surface area contributed by atoms with Gasteiger partial charge in [0.1, 0.15) is 18.3 Å². The molecule has 4 atom stereocenters. The predicted octanol–water partition coefficient (Wildman–Crippen LogP) is 3.52. The van der Waals surface area contributed by atoms with E-state index < -0.39 is 8.32 Å². The molecule has 2 aliphatic rings. The monoisotopic (exact) mass is 426 g/mol. The van der Waals surface area contributed by atoms with Crippen molar-refractivity contribution in [3.63, 3.8) is 0 Å². The van der Waals surface area contributed by atoms with E-state index >= 15 is 0 Å². The molecule has 162 valence electrons. The van der Waals surface area contributed by atoms with Gasteiger partial charge < -0.3 is 18.6 Å². The lowest BCUT2D eigenvalue weighted by atomic mass is 10.1. The van der Waals surface area contributed by atoms with Gasteiger partial charge in [0.25, 0.3) is 8.32 Å². The first kappa shape index (κ1) is 21.7. The molecule has 2 aliphatic heterocycles. The SMILES string of the molecule is CCCO[C@@H]1CO[C@H]2[C@@H]1OC[C@@H]2O[Si](c1ccccc1)(c1ccccc1)C(C)(C)C. The summed E-state index contributed by atoms with van der Waals surface area (Å²) in [5.74, 6) is 0. The highest BCUT2D eigenvalue weighted by Gasteiger charge is 2.56. The Kier molecular flexibility index (Phi) is 6.46. The first-order chi connectivity index (χ1) is 14.5. The zero-order valence-electron chi connectivity index (χ0n) is 18.5. The molecule has 4 rings (SSSR count). The van der Waals surface area contributed by atoms with Gasteiger partial charge in [-0.1, -0.05) is 88.4 Å². The Morgan fingerprint density at radius 1 is 0.833 bits per heavy atom. The van der Waals surface area contributed by atoms with Crippen LogP contribution in [0.1, 0.15) is 34.1 Å². The molecule has 0 amide bonds. The highest BCUT2D eigenvalue weighted by molar-refractivity contribution is 6.99. The minimum atomic E-state index is -2.62. The Morgan fingerprint density at radius 2 is 1.33 bits per heavy atom. The molecule has 0 saturated carbocycles. The van der Waals surface area contributed by atoms with Crippen LogP contribution in [-0.2, 0) is 18.6 Å². The van der Waals surface area contributed by atoms with Gasteiger partial charge in [0, 0.05) is 6.61 Å². The molecular formula is C25H34O4Si. The number of hydrogen-bond donors (Lipinski definition) is 0. The van der Waals surface area contributed by atoms with Crippen LogP contribution in [0, 0.1) is 0 Å². The lowest BCUT2D eigenvalue weighted by molar-refractivity contribution is -0.0355. The Morgan fingerprint density at radius 3 is 1.83 bits per heavy atom. The Bertz CT molecular complexity index is 765. The molecule has 2 aromatic rings. The quantitative estimate of drug-likeness (QED) is 0.635. The van der Waals surface area contributed by atoms with Crippen molar-refractivity contribution in [2.24, 2.45) is 0 Å². The van der Waals surface area contributed by atoms with E-state index in [1.165, 1.54) is 10.4 Å². The number of rotatable bonds is 7. The highest BCUT2D eigenvalue weighted by Crippen LogP contribution is 2.40. The van der Waals surface area contributed by atoms with Crippen LogP contribution in [0.25, 0.3) is 0 Å². The van der Waals surface area contributed by atoms with Crippen LogP contribution in [-0.4, -0.2) is 52.6 Å². The van der Waals surface area contributed by atoms with Crippen LogP contribution in [0.2, 0.25) is 5.04 Å². The van der Waals surface area contributed by atoms with Crippen molar-refractivity contribution in [2.75, 3.05) is 19.8 Å². The van der Waals surface area contributed by atoms with E-state index in [2.05, 4.69) is 88.4 Å². The molecule has 0 bridgehead atoms. The third-order valence-corrected chi connectivity index (χ3v) is 11.3. The number of ether oxygens (including phenoxy) is 3. The molecule has 5 heteroatoms. The molecule has 0 aromatic heterocycles. The van der Waals surface area contributed by atoms with E-state index in [-0.39, 0.29) is 29.5 Å². The second kappa shape index (κ2) is 8.93. The topological polar surface area (TPSA) is 36.9 Å². The first-order valence-corrected chi connectivity index (χ1v) is 13.0. The van der Waals surface area contributed by atoms with Crippen molar-refractivity contribution in [1.82, 2.24) is 0 Å². The number of hydrogen-bond acceptors (Lipinski definition) is 4. The third kappa shape index (κ3) is 3.90. The number of benzene rings is 2. The second-order valence-corrected chi connectivity index (χ2v) is 13.6. The van der Waals surface area contributed by atoms with E-state index in [9.17, 15) is 0 Å². The van der Waals surface area contributed by atoms with Crippen LogP contribution < -0.4 is 10.4 Å². The standard InChI is InChI=1S/C25H34O4Si/c1-5-16-26-21-17-27-24-22(18-28-23(21)24)29-30(25(2,3)4,19-12-8-6-9-13-19)20-14-10-7-11-15-20/h6-15,21-24H,5,16-18H2,1-4H3/t21-,22+,23-,24-/m1/s1. The summed E-state index contributed by atoms with van der Waals surface area (Å²) in [6, 6.07) is 21.5. The molecular weight excluding hydrogens is 392 g/mol. The van der Waals surface area contributed by atoms with Crippen LogP contribution in [0.3, 0.4) is 0 Å². The zero-order valence-corrected chi connectivity index (χ0v) is 19.5. The summed E-state index contributed by atoms with van der Waals surface area (Å²) in [6.07, 6.45) is 0.781. The minimum absolute atomic E-state index is 0.00250. The summed E-state index contributed by atoms with van der Waals surface area (Å²) in [4.78, 5) is 0. The highest BCUT2D eigenvalue weighted by atomic mass is 28.4. The van der Waals surface area contributed by atoms with Gasteiger partial charge in [-0.15, -0.1) is 0 Å². The van der Waals surface area contributed by atoms with E-state index in [0.29, 0.717) is 13.2 Å². The molecule has 0 unspecified atom stereocenters. The zero-order chi connectivity index (χ0) is 21.2. The first-order valence-electron chi connectivity index (χ1n) is 11.1. The van der Waals surface area contributed by atoms with Crippen LogP contribution in [0.15, 0.2) is 60.7 Å². The second-order valence-electron chi connectivity index (χ2n) is 9.32. The van der Waals surface area contributed by atoms with E-state index in [1.54, 1.807) is 0 Å². The normalized spacial score (nSPS) is 26.7. The van der Waals surface area contributed by atoms with Crippen molar-refractivity contribution >= 4 is 18.7 Å². The molecule has 30 heavy (non-hydrogen) atoms. The molecule has 0 N–H and O–H groups in total. The maximum Gasteiger partial charge on any atom is 0.261 e. The van der Waals surface area contributed by atoms with E-state index in [1.807, 2.05) is 0 Å². The Hall–Kier alpha value is -1.50. The van der Waals surface area contributed by atoms with Crippen molar-refractivity contribution < 1.29 is 18.6 Å². The smallest absolute Gasteiger partial charge is 0.261 e. The van der Waals surface area contributed by atoms with Crippen LogP contribution in [0.4, 0.5) is 0 Å². The lowest BCUT2D eigenvalue weighted by Crippen LogP contribution is -2.68. The Labute approximate surface area is 181 Å². The number of fused-ring (bicyclic) bond motifs is 1. The molecule has 2 heterocycles. The van der Waals surface area contributed by atoms with Gasteiger partial charge in [-0.05, 0) is 21.8 Å². The van der Waals surface area contributed by atoms with Gasteiger partial charge in [0.15, 0.2) is 0 Å². The van der Waals surface area contributed by atoms with E-state index in [0.717, 1.165) is 13.0 Å². The fraction of sp³-hybridized carbons (Fsp3) is 0.520. The van der Waals surface area contributed by atoms with Gasteiger partial charge in [-0.3, -0.25) is 0 Å². The maximum atomic E-state index is 7.24. The van der Waals surface area contributed by atoms with Crippen molar-refractivity contribution in [1.29, 1.82) is 0 Å². The summed E-state index contributed by atoms with van der Waals surface area (Å²) < 4.78 is 25.6. The molecule has 4 nitrogen and oxygen atoms in total. The molecule has 2 saturated heterocycles. The summed E-state index contributed by atoms with van der Waals surface area (Å²) in [7, 11) is -2.62. The van der Waals surface area contributed by atoms with Gasteiger partial charge in [0.2, 0.25) is 0 Å². The minimum Gasteiger partial charge on any atom is -0.399 e. The summed E-state index contributed by atoms with van der Waals surface area (Å²) >= 11 is 0. The van der Waals surface area contributed by atoms with Gasteiger partial charge in [0.05, 0.1) is 19.3 Å². The average Bonchev–Trinajstić information content (AvgIpc) is 3.33. The molecule has 0 aliphatic carbocycles. The van der Waals surface area contributed by atoms with Crippen molar-refractivity contribution in [3.05, 3.63) is 60.7 Å². The summed E-state index contributed by atoms with van der Waals surface area (Å²) in [5.41, 5.74) is 0.